The average Bonchev–Trinajstić information content (AvgIpc) is 2.38. The summed E-state index contributed by atoms with van der Waals surface area (Å²) in [6, 6.07) is 0.188. The number of aromatic nitrogens is 2. The van der Waals surface area contributed by atoms with Gasteiger partial charge in [0, 0.05) is 31.5 Å². The van der Waals surface area contributed by atoms with E-state index in [1.807, 2.05) is 0 Å². The zero-order chi connectivity index (χ0) is 13.1. The molecule has 6 heteroatoms. The van der Waals surface area contributed by atoms with Crippen molar-refractivity contribution in [2.45, 2.75) is 25.8 Å². The Bertz CT molecular complexity index is 436. The van der Waals surface area contributed by atoms with E-state index in [0.29, 0.717) is 18.3 Å². The second-order valence-corrected chi connectivity index (χ2v) is 4.71. The molecule has 0 saturated carbocycles. The van der Waals surface area contributed by atoms with Crippen LogP contribution in [0.4, 0.5) is 5.82 Å². The van der Waals surface area contributed by atoms with Crippen LogP contribution in [-0.2, 0) is 0 Å². The van der Waals surface area contributed by atoms with Crippen LogP contribution in [0, 0.1) is 5.92 Å². The summed E-state index contributed by atoms with van der Waals surface area (Å²) in [6.45, 7) is 3.55. The molecule has 2 unspecified atom stereocenters. The van der Waals surface area contributed by atoms with E-state index in [1.54, 1.807) is 6.20 Å². The van der Waals surface area contributed by atoms with Crippen LogP contribution in [0.1, 0.15) is 30.3 Å². The Balaban J connectivity index is 2.37. The topological polar surface area (TPSA) is 98.1 Å². The molecule has 1 amide bonds. The first-order chi connectivity index (χ1) is 8.65. The zero-order valence-corrected chi connectivity index (χ0v) is 10.5. The monoisotopic (exact) mass is 249 g/mol. The number of amides is 1. The quantitative estimate of drug-likeness (QED) is 0.794. The van der Waals surface area contributed by atoms with E-state index in [4.69, 9.17) is 11.5 Å². The van der Waals surface area contributed by atoms with Crippen molar-refractivity contribution in [1.29, 1.82) is 0 Å². The largest absolute Gasteiger partial charge is 0.364 e. The Labute approximate surface area is 106 Å². The van der Waals surface area contributed by atoms with Gasteiger partial charge in [-0.15, -0.1) is 0 Å². The third-order valence-electron chi connectivity index (χ3n) is 3.54. The molecule has 1 aromatic rings. The molecule has 1 fully saturated rings. The van der Waals surface area contributed by atoms with Gasteiger partial charge in [-0.25, -0.2) is 9.97 Å². The minimum Gasteiger partial charge on any atom is -0.364 e. The van der Waals surface area contributed by atoms with Gasteiger partial charge in [0.05, 0.1) is 0 Å². The van der Waals surface area contributed by atoms with Crippen molar-refractivity contribution in [3.05, 3.63) is 18.1 Å². The van der Waals surface area contributed by atoms with E-state index in [9.17, 15) is 4.79 Å². The van der Waals surface area contributed by atoms with Crippen LogP contribution in [0.3, 0.4) is 0 Å². The summed E-state index contributed by atoms with van der Waals surface area (Å²) in [5.41, 5.74) is 11.4. The minimum atomic E-state index is -0.549. The number of primary amides is 1. The van der Waals surface area contributed by atoms with Gasteiger partial charge in [-0.1, -0.05) is 6.92 Å². The van der Waals surface area contributed by atoms with E-state index in [-0.39, 0.29) is 11.7 Å². The van der Waals surface area contributed by atoms with Crippen LogP contribution in [0.15, 0.2) is 12.4 Å². The molecule has 6 nitrogen and oxygen atoms in total. The Morgan fingerprint density at radius 1 is 1.50 bits per heavy atom. The maximum atomic E-state index is 11.4. The molecule has 98 valence electrons. The van der Waals surface area contributed by atoms with E-state index >= 15 is 0 Å². The summed E-state index contributed by atoms with van der Waals surface area (Å²) in [4.78, 5) is 21.8. The van der Waals surface area contributed by atoms with Crippen molar-refractivity contribution in [1.82, 2.24) is 9.97 Å². The summed E-state index contributed by atoms with van der Waals surface area (Å²) in [7, 11) is 0. The van der Waals surface area contributed by atoms with Crippen molar-refractivity contribution >= 4 is 11.7 Å². The summed E-state index contributed by atoms with van der Waals surface area (Å²) in [5, 5.41) is 0. The van der Waals surface area contributed by atoms with E-state index in [0.717, 1.165) is 19.4 Å². The molecule has 0 spiro atoms. The van der Waals surface area contributed by atoms with Crippen LogP contribution < -0.4 is 16.4 Å². The highest BCUT2D eigenvalue weighted by Gasteiger charge is 2.30. The molecule has 4 N–H and O–H groups in total. The van der Waals surface area contributed by atoms with Crippen molar-refractivity contribution in [2.24, 2.45) is 17.4 Å². The molecule has 1 aliphatic rings. The summed E-state index contributed by atoms with van der Waals surface area (Å²) < 4.78 is 0. The van der Waals surface area contributed by atoms with Gasteiger partial charge < -0.3 is 16.4 Å². The number of rotatable bonds is 3. The molecule has 2 rings (SSSR count). The summed E-state index contributed by atoms with van der Waals surface area (Å²) in [5.74, 6) is 0.491. The zero-order valence-electron chi connectivity index (χ0n) is 10.5. The number of hydrogen-bond donors (Lipinski definition) is 2. The molecule has 0 radical (unpaired) electrons. The molecule has 18 heavy (non-hydrogen) atoms. The number of hydrogen-bond acceptors (Lipinski definition) is 5. The maximum Gasteiger partial charge on any atom is 0.271 e. The lowest BCUT2D eigenvalue weighted by atomic mass is 9.90. The third-order valence-corrected chi connectivity index (χ3v) is 3.54. The van der Waals surface area contributed by atoms with Crippen molar-refractivity contribution < 1.29 is 4.79 Å². The predicted molar refractivity (Wildman–Crippen MR) is 69.1 cm³/mol. The highest BCUT2D eigenvalue weighted by molar-refractivity contribution is 5.95. The van der Waals surface area contributed by atoms with Gasteiger partial charge in [-0.3, -0.25) is 4.79 Å². The Morgan fingerprint density at radius 2 is 2.22 bits per heavy atom. The number of piperidine rings is 1. The minimum absolute atomic E-state index is 0.188. The molecule has 1 aliphatic heterocycles. The molecule has 0 aromatic carbocycles. The lowest BCUT2D eigenvalue weighted by molar-refractivity contribution is 0.0995. The highest BCUT2D eigenvalue weighted by atomic mass is 16.1. The molecule has 1 aromatic heterocycles. The Kier molecular flexibility index (Phi) is 3.76. The number of nitrogens with two attached hydrogens (primary N) is 2. The van der Waals surface area contributed by atoms with E-state index in [1.165, 1.54) is 6.20 Å². The lowest BCUT2D eigenvalue weighted by Crippen LogP contribution is -2.49. The lowest BCUT2D eigenvalue weighted by Gasteiger charge is -2.40. The van der Waals surface area contributed by atoms with Crippen molar-refractivity contribution in [2.75, 3.05) is 18.0 Å². The molecule has 0 aliphatic carbocycles. The maximum absolute atomic E-state index is 11.4. The molecular weight excluding hydrogens is 230 g/mol. The van der Waals surface area contributed by atoms with Crippen LogP contribution in [0.25, 0.3) is 0 Å². The van der Waals surface area contributed by atoms with Crippen LogP contribution in [0.5, 0.6) is 0 Å². The SMILES string of the molecule is CC1CCCN(c2nccnc2C(N)=O)C1CN. The average molecular weight is 249 g/mol. The first-order valence-corrected chi connectivity index (χ1v) is 6.22. The summed E-state index contributed by atoms with van der Waals surface area (Å²) in [6.07, 6.45) is 5.26. The van der Waals surface area contributed by atoms with Crippen molar-refractivity contribution in [3.8, 4) is 0 Å². The van der Waals surface area contributed by atoms with Gasteiger partial charge >= 0.3 is 0 Å². The van der Waals surface area contributed by atoms with Crippen LogP contribution in [-0.4, -0.2) is 35.0 Å². The fraction of sp³-hybridized carbons (Fsp3) is 0.583. The van der Waals surface area contributed by atoms with Crippen LogP contribution >= 0.6 is 0 Å². The molecule has 0 bridgehead atoms. The van der Waals surface area contributed by atoms with Gasteiger partial charge in [0.1, 0.15) is 0 Å². The Morgan fingerprint density at radius 3 is 2.89 bits per heavy atom. The van der Waals surface area contributed by atoms with Crippen molar-refractivity contribution in [3.63, 3.8) is 0 Å². The van der Waals surface area contributed by atoms with Crippen LogP contribution in [0.2, 0.25) is 0 Å². The molecule has 2 atom stereocenters. The number of anilines is 1. The normalized spacial score (nSPS) is 24.0. The standard InChI is InChI=1S/C12H19N5O/c1-8-3-2-6-17(9(8)7-13)12-10(11(14)18)15-4-5-16-12/h4-5,8-9H,2-3,6-7,13H2,1H3,(H2,14,18). The van der Waals surface area contributed by atoms with Gasteiger partial charge in [0.25, 0.3) is 5.91 Å². The third kappa shape index (κ3) is 2.28. The predicted octanol–water partition coefficient (Wildman–Crippen LogP) is 0.139. The van der Waals surface area contributed by atoms with Gasteiger partial charge in [-0.05, 0) is 18.8 Å². The second-order valence-electron chi connectivity index (χ2n) is 4.71. The fourth-order valence-electron chi connectivity index (χ4n) is 2.59. The smallest absolute Gasteiger partial charge is 0.271 e. The second kappa shape index (κ2) is 5.30. The molecular formula is C12H19N5O. The molecule has 1 saturated heterocycles. The first-order valence-electron chi connectivity index (χ1n) is 6.22. The fourth-order valence-corrected chi connectivity index (χ4v) is 2.59. The number of carbonyl (C=O) groups is 1. The number of carbonyl (C=O) groups excluding carboxylic acids is 1. The molecule has 2 heterocycles. The van der Waals surface area contributed by atoms with Gasteiger partial charge in [0.15, 0.2) is 11.5 Å². The van der Waals surface area contributed by atoms with Gasteiger partial charge in [-0.2, -0.15) is 0 Å². The number of nitrogens with zero attached hydrogens (tertiary/aromatic N) is 3. The van der Waals surface area contributed by atoms with Gasteiger partial charge in [0.2, 0.25) is 0 Å². The van der Waals surface area contributed by atoms with E-state index < -0.39 is 5.91 Å². The highest BCUT2D eigenvalue weighted by Crippen LogP contribution is 2.28. The van der Waals surface area contributed by atoms with E-state index in [2.05, 4.69) is 21.8 Å². The first kappa shape index (κ1) is 12.8. The Hall–Kier alpha value is -1.69. The summed E-state index contributed by atoms with van der Waals surface area (Å²) >= 11 is 0.